The zero-order valence-corrected chi connectivity index (χ0v) is 10.1. The normalized spacial score (nSPS) is 11.4. The number of benzene rings is 1. The van der Waals surface area contributed by atoms with Crippen molar-refractivity contribution in [1.29, 1.82) is 0 Å². The van der Waals surface area contributed by atoms with Crippen LogP contribution in [-0.2, 0) is 0 Å². The Bertz CT molecular complexity index is 439. The van der Waals surface area contributed by atoms with E-state index >= 15 is 0 Å². The molecule has 1 aromatic carbocycles. The number of hydrogen-bond donors (Lipinski definition) is 1. The standard InChI is InChI=1S/C10H8BrN3S/c11-14-9(10-12-6-7-15-10)13-8-4-2-1-3-5-8/h1-7H,(H,13,14). The number of anilines is 1. The molecule has 0 atom stereocenters. The first-order valence-corrected chi connectivity index (χ1v) is 5.90. The molecular formula is C10H8BrN3S. The zero-order valence-electron chi connectivity index (χ0n) is 7.72. The van der Waals surface area contributed by atoms with Gasteiger partial charge in [0.25, 0.3) is 0 Å². The largest absolute Gasteiger partial charge is 0.337 e. The second-order valence-electron chi connectivity index (χ2n) is 2.76. The van der Waals surface area contributed by atoms with E-state index < -0.39 is 0 Å². The third kappa shape index (κ3) is 2.64. The number of nitrogens with one attached hydrogen (secondary N) is 1. The molecule has 5 heteroatoms. The third-order valence-corrected chi connectivity index (χ3v) is 2.89. The summed E-state index contributed by atoms with van der Waals surface area (Å²) in [7, 11) is 0. The summed E-state index contributed by atoms with van der Waals surface area (Å²) in [5.74, 6) is 0.719. The van der Waals surface area contributed by atoms with Gasteiger partial charge in [0.15, 0.2) is 10.8 Å². The van der Waals surface area contributed by atoms with Crippen molar-refractivity contribution in [2.24, 2.45) is 4.02 Å². The molecule has 0 radical (unpaired) electrons. The predicted molar refractivity (Wildman–Crippen MR) is 67.6 cm³/mol. The van der Waals surface area contributed by atoms with Gasteiger partial charge in [-0.15, -0.1) is 11.3 Å². The van der Waals surface area contributed by atoms with Gasteiger partial charge in [-0.05, 0) is 12.1 Å². The van der Waals surface area contributed by atoms with Gasteiger partial charge in [0.05, 0.1) is 16.1 Å². The van der Waals surface area contributed by atoms with Gasteiger partial charge in [0.2, 0.25) is 0 Å². The molecular weight excluding hydrogens is 274 g/mol. The summed E-state index contributed by atoms with van der Waals surface area (Å²) in [6.07, 6.45) is 1.75. The average Bonchev–Trinajstić information content (AvgIpc) is 2.81. The highest BCUT2D eigenvalue weighted by Crippen LogP contribution is 2.12. The van der Waals surface area contributed by atoms with Gasteiger partial charge in [-0.2, -0.15) is 4.02 Å². The van der Waals surface area contributed by atoms with Crippen molar-refractivity contribution in [2.75, 3.05) is 5.32 Å². The first kappa shape index (κ1) is 10.3. The highest BCUT2D eigenvalue weighted by atomic mass is 79.9. The number of thiazole rings is 1. The van der Waals surface area contributed by atoms with Crippen molar-refractivity contribution in [3.63, 3.8) is 0 Å². The van der Waals surface area contributed by atoms with E-state index in [0.29, 0.717) is 0 Å². The van der Waals surface area contributed by atoms with Gasteiger partial charge < -0.3 is 5.32 Å². The fourth-order valence-corrected chi connectivity index (χ4v) is 2.06. The molecule has 0 fully saturated rings. The van der Waals surface area contributed by atoms with Crippen LogP contribution in [0.1, 0.15) is 5.01 Å². The molecule has 1 N–H and O–H groups in total. The lowest BCUT2D eigenvalue weighted by Crippen LogP contribution is -2.11. The van der Waals surface area contributed by atoms with Crippen molar-refractivity contribution < 1.29 is 0 Å². The molecule has 2 aromatic rings. The van der Waals surface area contributed by atoms with Crippen LogP contribution in [0, 0.1) is 0 Å². The van der Waals surface area contributed by atoms with Crippen LogP contribution < -0.4 is 5.32 Å². The number of halogens is 1. The first-order chi connectivity index (χ1) is 7.40. The van der Waals surface area contributed by atoms with Crippen LogP contribution in [0.15, 0.2) is 45.9 Å². The minimum absolute atomic E-state index is 0.719. The molecule has 0 spiro atoms. The lowest BCUT2D eigenvalue weighted by atomic mass is 10.3. The van der Waals surface area contributed by atoms with Gasteiger partial charge in [-0.25, -0.2) is 4.98 Å². The molecule has 1 heterocycles. The smallest absolute Gasteiger partial charge is 0.174 e. The summed E-state index contributed by atoms with van der Waals surface area (Å²) < 4.78 is 3.99. The SMILES string of the molecule is BrN=C(Nc1ccccc1)c1nccs1. The summed E-state index contributed by atoms with van der Waals surface area (Å²) in [5.41, 5.74) is 0.992. The highest BCUT2D eigenvalue weighted by Gasteiger charge is 2.05. The number of para-hydroxylation sites is 1. The molecule has 0 amide bonds. The summed E-state index contributed by atoms with van der Waals surface area (Å²) in [6.45, 7) is 0. The van der Waals surface area contributed by atoms with Crippen LogP contribution in [0.25, 0.3) is 0 Å². The number of rotatable bonds is 2. The second-order valence-corrected chi connectivity index (χ2v) is 4.01. The maximum absolute atomic E-state index is 4.18. The van der Waals surface area contributed by atoms with E-state index in [9.17, 15) is 0 Å². The lowest BCUT2D eigenvalue weighted by Gasteiger charge is -2.05. The summed E-state index contributed by atoms with van der Waals surface area (Å²) in [6, 6.07) is 9.86. The minimum atomic E-state index is 0.719. The monoisotopic (exact) mass is 281 g/mol. The Morgan fingerprint density at radius 3 is 2.73 bits per heavy atom. The molecule has 1 aromatic heterocycles. The molecule has 15 heavy (non-hydrogen) atoms. The Kier molecular flexibility index (Phi) is 3.47. The molecule has 2 rings (SSSR count). The molecule has 0 saturated heterocycles. The van der Waals surface area contributed by atoms with Crippen molar-refractivity contribution in [1.82, 2.24) is 4.98 Å². The van der Waals surface area contributed by atoms with E-state index in [1.165, 1.54) is 0 Å². The summed E-state index contributed by atoms with van der Waals surface area (Å²) >= 11 is 4.63. The Hall–Kier alpha value is -1.20. The van der Waals surface area contributed by atoms with Crippen LogP contribution in [0.4, 0.5) is 5.69 Å². The van der Waals surface area contributed by atoms with Crippen LogP contribution in [0.5, 0.6) is 0 Å². The Balaban J connectivity index is 2.18. The Labute approximate surface area is 100 Å². The zero-order chi connectivity index (χ0) is 10.5. The van der Waals surface area contributed by atoms with Gasteiger partial charge >= 0.3 is 0 Å². The molecule has 0 unspecified atom stereocenters. The average molecular weight is 282 g/mol. The quantitative estimate of drug-likeness (QED) is 0.677. The van der Waals surface area contributed by atoms with E-state index in [4.69, 9.17) is 0 Å². The number of hydrogen-bond acceptors (Lipinski definition) is 3. The van der Waals surface area contributed by atoms with Crippen molar-refractivity contribution >= 4 is 39.0 Å². The molecule has 0 bridgehead atoms. The number of aromatic nitrogens is 1. The summed E-state index contributed by atoms with van der Waals surface area (Å²) in [5, 5.41) is 5.96. The number of nitrogens with zero attached hydrogens (tertiary/aromatic N) is 2. The highest BCUT2D eigenvalue weighted by molar-refractivity contribution is 9.08. The fraction of sp³-hybridized carbons (Fsp3) is 0. The van der Waals surface area contributed by atoms with E-state index in [1.54, 1.807) is 17.5 Å². The lowest BCUT2D eigenvalue weighted by molar-refractivity contribution is 1.38. The van der Waals surface area contributed by atoms with E-state index in [0.717, 1.165) is 16.5 Å². The molecule has 0 saturated carbocycles. The van der Waals surface area contributed by atoms with Crippen molar-refractivity contribution in [3.05, 3.63) is 46.9 Å². The minimum Gasteiger partial charge on any atom is -0.337 e. The Morgan fingerprint density at radius 2 is 2.13 bits per heavy atom. The van der Waals surface area contributed by atoms with Gasteiger partial charge in [0.1, 0.15) is 0 Å². The molecule has 3 nitrogen and oxygen atoms in total. The second kappa shape index (κ2) is 5.04. The van der Waals surface area contributed by atoms with E-state index in [-0.39, 0.29) is 0 Å². The van der Waals surface area contributed by atoms with E-state index in [1.807, 2.05) is 35.7 Å². The van der Waals surface area contributed by atoms with Crippen LogP contribution in [0.3, 0.4) is 0 Å². The van der Waals surface area contributed by atoms with Crippen LogP contribution in [-0.4, -0.2) is 10.8 Å². The molecule has 76 valence electrons. The fourth-order valence-electron chi connectivity index (χ4n) is 1.11. The van der Waals surface area contributed by atoms with Gasteiger partial charge in [-0.3, -0.25) is 0 Å². The third-order valence-electron chi connectivity index (χ3n) is 1.76. The molecule has 0 aliphatic carbocycles. The number of amidine groups is 1. The van der Waals surface area contributed by atoms with Gasteiger partial charge in [-0.1, -0.05) is 18.2 Å². The topological polar surface area (TPSA) is 37.3 Å². The molecule has 0 aliphatic heterocycles. The molecule has 0 aliphatic rings. The first-order valence-electron chi connectivity index (χ1n) is 4.31. The maximum atomic E-state index is 4.18. The predicted octanol–water partition coefficient (Wildman–Crippen LogP) is 3.31. The maximum Gasteiger partial charge on any atom is 0.174 e. The van der Waals surface area contributed by atoms with E-state index in [2.05, 4.69) is 30.5 Å². The van der Waals surface area contributed by atoms with Gasteiger partial charge in [0, 0.05) is 17.3 Å². The Morgan fingerprint density at radius 1 is 1.33 bits per heavy atom. The summed E-state index contributed by atoms with van der Waals surface area (Å²) in [4.78, 5) is 4.18. The van der Waals surface area contributed by atoms with Crippen LogP contribution in [0.2, 0.25) is 0 Å². The van der Waals surface area contributed by atoms with Crippen molar-refractivity contribution in [2.45, 2.75) is 0 Å². The van der Waals surface area contributed by atoms with Crippen LogP contribution >= 0.6 is 27.5 Å². The van der Waals surface area contributed by atoms with Crippen molar-refractivity contribution in [3.8, 4) is 0 Å².